The van der Waals surface area contributed by atoms with Crippen molar-refractivity contribution in [3.05, 3.63) is 29.8 Å². The fourth-order valence-electron chi connectivity index (χ4n) is 1.25. The molecule has 0 aliphatic heterocycles. The van der Waals surface area contributed by atoms with Crippen LogP contribution in [0.4, 0.5) is 0 Å². The molecule has 1 aromatic rings. The molecule has 4 nitrogen and oxygen atoms in total. The molecule has 0 heterocycles. The maximum Gasteiger partial charge on any atom is 0.241 e. The topological polar surface area (TPSA) is 63.2 Å². The van der Waals surface area contributed by atoms with E-state index in [1.165, 1.54) is 19.1 Å². The van der Waals surface area contributed by atoms with E-state index < -0.39 is 21.3 Å². The highest BCUT2D eigenvalue weighted by atomic mass is 35.5. The second kappa shape index (κ2) is 5.62. The molecule has 0 amide bonds. The van der Waals surface area contributed by atoms with Gasteiger partial charge >= 0.3 is 0 Å². The SMILES string of the molecule is CCc1ccc(S(=O)(=O)NC(C)C(=O)Cl)cc1. The molecule has 0 bridgehead atoms. The van der Waals surface area contributed by atoms with E-state index in [0.717, 1.165) is 12.0 Å². The van der Waals surface area contributed by atoms with E-state index >= 15 is 0 Å². The molecule has 1 N–H and O–H groups in total. The molecular weight excluding hydrogens is 262 g/mol. The van der Waals surface area contributed by atoms with Crippen LogP contribution < -0.4 is 4.72 Å². The maximum atomic E-state index is 11.8. The molecule has 1 atom stereocenters. The summed E-state index contributed by atoms with van der Waals surface area (Å²) >= 11 is 5.20. The van der Waals surface area contributed by atoms with Crippen molar-refractivity contribution in [2.24, 2.45) is 0 Å². The third-order valence-corrected chi connectivity index (χ3v) is 4.20. The number of hydrogen-bond donors (Lipinski definition) is 1. The Morgan fingerprint density at radius 2 is 1.88 bits per heavy atom. The van der Waals surface area contributed by atoms with E-state index in [0.29, 0.717) is 0 Å². The summed E-state index contributed by atoms with van der Waals surface area (Å²) in [5.74, 6) is 0. The Balaban J connectivity index is 2.93. The Morgan fingerprint density at radius 1 is 1.35 bits per heavy atom. The Hall–Kier alpha value is -0.910. The Bertz CT molecular complexity index is 496. The van der Waals surface area contributed by atoms with Gasteiger partial charge in [-0.15, -0.1) is 0 Å². The van der Waals surface area contributed by atoms with Crippen LogP contribution >= 0.6 is 11.6 Å². The van der Waals surface area contributed by atoms with Crippen molar-refractivity contribution in [2.45, 2.75) is 31.2 Å². The molecular formula is C11H14ClNO3S. The van der Waals surface area contributed by atoms with Gasteiger partial charge in [0.1, 0.15) is 0 Å². The number of rotatable bonds is 5. The number of hydrogen-bond acceptors (Lipinski definition) is 3. The zero-order valence-corrected chi connectivity index (χ0v) is 11.2. The average Bonchev–Trinajstić information content (AvgIpc) is 2.28. The van der Waals surface area contributed by atoms with Crippen LogP contribution in [-0.4, -0.2) is 19.7 Å². The molecule has 0 saturated heterocycles. The van der Waals surface area contributed by atoms with Crippen molar-refractivity contribution in [1.29, 1.82) is 0 Å². The van der Waals surface area contributed by atoms with Gasteiger partial charge in [0, 0.05) is 0 Å². The van der Waals surface area contributed by atoms with E-state index in [1.807, 2.05) is 6.92 Å². The summed E-state index contributed by atoms with van der Waals surface area (Å²) in [6, 6.07) is 5.55. The predicted molar refractivity (Wildman–Crippen MR) is 66.5 cm³/mol. The molecule has 0 aliphatic carbocycles. The summed E-state index contributed by atoms with van der Waals surface area (Å²) in [5, 5.41) is -0.737. The lowest BCUT2D eigenvalue weighted by atomic mass is 10.2. The minimum absolute atomic E-state index is 0.125. The summed E-state index contributed by atoms with van der Waals surface area (Å²) in [7, 11) is -3.68. The summed E-state index contributed by atoms with van der Waals surface area (Å²) in [4.78, 5) is 10.9. The largest absolute Gasteiger partial charge is 0.279 e. The van der Waals surface area contributed by atoms with Crippen molar-refractivity contribution in [3.8, 4) is 0 Å². The average molecular weight is 276 g/mol. The first kappa shape index (κ1) is 14.2. The van der Waals surface area contributed by atoms with Crippen molar-refractivity contribution in [3.63, 3.8) is 0 Å². The highest BCUT2D eigenvalue weighted by Crippen LogP contribution is 2.11. The van der Waals surface area contributed by atoms with Crippen molar-refractivity contribution in [2.75, 3.05) is 0 Å². The molecule has 0 saturated carbocycles. The molecule has 17 heavy (non-hydrogen) atoms. The van der Waals surface area contributed by atoms with Crippen molar-refractivity contribution in [1.82, 2.24) is 4.72 Å². The quantitative estimate of drug-likeness (QED) is 0.832. The molecule has 0 aromatic heterocycles. The van der Waals surface area contributed by atoms with E-state index in [-0.39, 0.29) is 4.90 Å². The first-order valence-corrected chi connectivity index (χ1v) is 7.03. The number of sulfonamides is 1. The van der Waals surface area contributed by atoms with Gasteiger partial charge in [0.2, 0.25) is 15.3 Å². The van der Waals surface area contributed by atoms with Gasteiger partial charge < -0.3 is 0 Å². The summed E-state index contributed by atoms with van der Waals surface area (Å²) in [6.07, 6.45) is 0.838. The van der Waals surface area contributed by atoms with Crippen LogP contribution in [0.2, 0.25) is 0 Å². The number of benzene rings is 1. The third kappa shape index (κ3) is 3.80. The first-order chi connectivity index (χ1) is 7.86. The number of carbonyl (C=O) groups is 1. The molecule has 94 valence electrons. The van der Waals surface area contributed by atoms with E-state index in [4.69, 9.17) is 11.6 Å². The summed E-state index contributed by atoms with van der Waals surface area (Å²) < 4.78 is 25.8. The standard InChI is InChI=1S/C11H14ClNO3S/c1-3-9-4-6-10(7-5-9)17(15,16)13-8(2)11(12)14/h4-8,13H,3H2,1-2H3. The van der Waals surface area contributed by atoms with Gasteiger partial charge in [-0.1, -0.05) is 19.1 Å². The Kier molecular flexibility index (Phi) is 4.68. The van der Waals surface area contributed by atoms with Gasteiger partial charge in [-0.3, -0.25) is 4.79 Å². The lowest BCUT2D eigenvalue weighted by molar-refractivity contribution is -0.112. The maximum absolute atomic E-state index is 11.8. The zero-order valence-electron chi connectivity index (χ0n) is 9.60. The number of carbonyl (C=O) groups excluding carboxylic acids is 1. The normalized spacial score (nSPS) is 13.4. The lowest BCUT2D eigenvalue weighted by Gasteiger charge is -2.10. The van der Waals surface area contributed by atoms with Gasteiger partial charge in [0.05, 0.1) is 10.9 Å². The van der Waals surface area contributed by atoms with Crippen molar-refractivity contribution < 1.29 is 13.2 Å². The minimum Gasteiger partial charge on any atom is -0.279 e. The highest BCUT2D eigenvalue weighted by Gasteiger charge is 2.20. The number of halogens is 1. The fourth-order valence-corrected chi connectivity index (χ4v) is 2.57. The van der Waals surface area contributed by atoms with Gasteiger partial charge in [0.25, 0.3) is 0 Å². The van der Waals surface area contributed by atoms with E-state index in [1.54, 1.807) is 12.1 Å². The van der Waals surface area contributed by atoms with E-state index in [9.17, 15) is 13.2 Å². The molecule has 0 spiro atoms. The summed E-state index contributed by atoms with van der Waals surface area (Å²) in [6.45, 7) is 3.38. The highest BCUT2D eigenvalue weighted by molar-refractivity contribution is 7.89. The molecule has 1 rings (SSSR count). The van der Waals surface area contributed by atoms with Crippen LogP contribution in [0.1, 0.15) is 19.4 Å². The fraction of sp³-hybridized carbons (Fsp3) is 0.364. The van der Waals surface area contributed by atoms with Gasteiger partial charge in [-0.2, -0.15) is 4.72 Å². The molecule has 0 aliphatic rings. The van der Waals surface area contributed by atoms with Crippen LogP contribution in [-0.2, 0) is 21.2 Å². The van der Waals surface area contributed by atoms with Crippen LogP contribution in [0.5, 0.6) is 0 Å². The number of aryl methyl sites for hydroxylation is 1. The van der Waals surface area contributed by atoms with Gasteiger partial charge in [0.15, 0.2) is 0 Å². The summed E-state index contributed by atoms with van der Waals surface area (Å²) in [5.41, 5.74) is 1.05. The first-order valence-electron chi connectivity index (χ1n) is 5.17. The van der Waals surface area contributed by atoms with Crippen LogP contribution in [0, 0.1) is 0 Å². The molecule has 1 aromatic carbocycles. The van der Waals surface area contributed by atoms with Crippen LogP contribution in [0.15, 0.2) is 29.2 Å². The lowest BCUT2D eigenvalue weighted by Crippen LogP contribution is -2.36. The minimum atomic E-state index is -3.68. The second-order valence-electron chi connectivity index (χ2n) is 3.64. The van der Waals surface area contributed by atoms with Crippen molar-refractivity contribution >= 4 is 26.9 Å². The molecule has 6 heteroatoms. The second-order valence-corrected chi connectivity index (χ2v) is 5.73. The predicted octanol–water partition coefficient (Wildman–Crippen LogP) is 1.68. The zero-order chi connectivity index (χ0) is 13.1. The van der Waals surface area contributed by atoms with Gasteiger partial charge in [-0.05, 0) is 42.6 Å². The van der Waals surface area contributed by atoms with Crippen LogP contribution in [0.25, 0.3) is 0 Å². The molecule has 1 unspecified atom stereocenters. The van der Waals surface area contributed by atoms with E-state index in [2.05, 4.69) is 4.72 Å². The smallest absolute Gasteiger partial charge is 0.241 e. The Morgan fingerprint density at radius 3 is 2.29 bits per heavy atom. The van der Waals surface area contributed by atoms with Gasteiger partial charge in [-0.25, -0.2) is 8.42 Å². The Labute approximate surface area is 106 Å². The number of nitrogens with one attached hydrogen (secondary N) is 1. The third-order valence-electron chi connectivity index (χ3n) is 2.31. The molecule has 0 radical (unpaired) electrons. The molecule has 0 fully saturated rings. The monoisotopic (exact) mass is 275 g/mol. The van der Waals surface area contributed by atoms with Crippen LogP contribution in [0.3, 0.4) is 0 Å².